The van der Waals surface area contributed by atoms with Crippen LogP contribution in [0.2, 0.25) is 0 Å². The zero-order valence-corrected chi connectivity index (χ0v) is 19.7. The van der Waals surface area contributed by atoms with Gasteiger partial charge < -0.3 is 19.5 Å². The van der Waals surface area contributed by atoms with Gasteiger partial charge in [-0.25, -0.2) is 4.99 Å². The zero-order valence-electron chi connectivity index (χ0n) is 16.6. The molecule has 2 heterocycles. The summed E-state index contributed by atoms with van der Waals surface area (Å²) in [4.78, 5) is 7.23. The lowest BCUT2D eigenvalue weighted by molar-refractivity contribution is 0.195. The monoisotopic (exact) mass is 496 g/mol. The third kappa shape index (κ3) is 6.88. The minimum absolute atomic E-state index is 0. The van der Waals surface area contributed by atoms with Gasteiger partial charge in [0.25, 0.3) is 0 Å². The number of aryl methyl sites for hydroxylation is 1. The summed E-state index contributed by atoms with van der Waals surface area (Å²) in [7, 11) is 3.72. The summed E-state index contributed by atoms with van der Waals surface area (Å²) in [5.74, 6) is 4.59. The summed E-state index contributed by atoms with van der Waals surface area (Å²) >= 11 is 2.07. The minimum Gasteiger partial charge on any atom is -0.385 e. The maximum atomic E-state index is 5.15. The number of thioether (sulfide) groups is 1. The Labute approximate surface area is 178 Å². The first kappa shape index (κ1) is 23.5. The van der Waals surface area contributed by atoms with E-state index in [1.807, 2.05) is 18.5 Å². The molecule has 0 radical (unpaired) electrons. The third-order valence-corrected chi connectivity index (χ3v) is 6.04. The van der Waals surface area contributed by atoms with Crippen LogP contribution in [0.5, 0.6) is 0 Å². The number of methoxy groups -OCH3 is 1. The second-order valence-corrected chi connectivity index (χ2v) is 8.08. The maximum absolute atomic E-state index is 5.15. The highest BCUT2D eigenvalue weighted by Crippen LogP contribution is 2.24. The number of halogens is 1. The lowest BCUT2D eigenvalue weighted by Gasteiger charge is -2.36. The van der Waals surface area contributed by atoms with Gasteiger partial charge in [0.15, 0.2) is 11.8 Å². The Morgan fingerprint density at radius 3 is 2.81 bits per heavy atom. The smallest absolute Gasteiger partial charge is 0.194 e. The number of guanidine groups is 1. The second-order valence-electron chi connectivity index (χ2n) is 6.73. The minimum atomic E-state index is 0. The van der Waals surface area contributed by atoms with E-state index in [0.29, 0.717) is 17.7 Å². The van der Waals surface area contributed by atoms with Crippen LogP contribution in [0.1, 0.15) is 31.9 Å². The zero-order chi connectivity index (χ0) is 18.2. The number of nitrogens with one attached hydrogen (secondary N) is 1. The Kier molecular flexibility index (Phi) is 10.9. The first-order chi connectivity index (χ1) is 12.0. The molecule has 150 valence electrons. The summed E-state index contributed by atoms with van der Waals surface area (Å²) in [5.41, 5.74) is 0. The van der Waals surface area contributed by atoms with Crippen LogP contribution < -0.4 is 5.32 Å². The van der Waals surface area contributed by atoms with Crippen molar-refractivity contribution in [3.05, 3.63) is 11.6 Å². The average Bonchev–Trinajstić information content (AvgIpc) is 2.93. The van der Waals surface area contributed by atoms with E-state index < -0.39 is 0 Å². The molecule has 1 fully saturated rings. The number of aromatic nitrogens is 3. The van der Waals surface area contributed by atoms with Gasteiger partial charge in [0.2, 0.25) is 0 Å². The van der Waals surface area contributed by atoms with Crippen molar-refractivity contribution in [1.82, 2.24) is 25.0 Å². The Morgan fingerprint density at radius 2 is 2.19 bits per heavy atom. The van der Waals surface area contributed by atoms with Crippen LogP contribution >= 0.6 is 35.7 Å². The van der Waals surface area contributed by atoms with Crippen LogP contribution in [-0.2, 0) is 18.3 Å². The molecule has 1 aromatic heterocycles. The summed E-state index contributed by atoms with van der Waals surface area (Å²) in [5, 5.41) is 12.5. The molecule has 9 heteroatoms. The number of nitrogens with zero attached hydrogens (tertiary/aromatic N) is 5. The van der Waals surface area contributed by atoms with Crippen molar-refractivity contribution in [3.8, 4) is 0 Å². The molecular weight excluding hydrogens is 463 g/mol. The van der Waals surface area contributed by atoms with Crippen molar-refractivity contribution in [2.24, 2.45) is 18.0 Å². The highest BCUT2D eigenvalue weighted by atomic mass is 127. The molecule has 2 rings (SSSR count). The van der Waals surface area contributed by atoms with E-state index >= 15 is 0 Å². The Hall–Kier alpha value is -0.550. The summed E-state index contributed by atoms with van der Waals surface area (Å²) in [6.07, 6.45) is 0.967. The summed E-state index contributed by atoms with van der Waals surface area (Å²) in [6.45, 7) is 10.8. The van der Waals surface area contributed by atoms with Crippen LogP contribution in [0.15, 0.2) is 4.99 Å². The number of hydrogen-bond acceptors (Lipinski definition) is 5. The molecule has 0 bridgehead atoms. The lowest BCUT2D eigenvalue weighted by Crippen LogP contribution is -2.49. The summed E-state index contributed by atoms with van der Waals surface area (Å²) in [6, 6.07) is 0. The SMILES string of the molecule is COCCCNC(=NCc1nnc(C)n1C)N1CCSC(C(C)C)C1.I. The van der Waals surface area contributed by atoms with Crippen molar-refractivity contribution in [2.75, 3.05) is 39.1 Å². The number of rotatable bonds is 7. The van der Waals surface area contributed by atoms with Gasteiger partial charge in [0.1, 0.15) is 12.4 Å². The fourth-order valence-corrected chi connectivity index (χ4v) is 3.99. The molecule has 1 aliphatic heterocycles. The van der Waals surface area contributed by atoms with Crippen LogP contribution in [0.3, 0.4) is 0 Å². The van der Waals surface area contributed by atoms with Crippen molar-refractivity contribution < 1.29 is 4.74 Å². The topological polar surface area (TPSA) is 67.6 Å². The molecule has 1 N–H and O–H groups in total. The van der Waals surface area contributed by atoms with Crippen LogP contribution in [0.25, 0.3) is 0 Å². The molecule has 26 heavy (non-hydrogen) atoms. The Balaban J connectivity index is 0.00000338. The molecule has 1 aliphatic rings. The Bertz CT molecular complexity index is 565. The van der Waals surface area contributed by atoms with Gasteiger partial charge in [-0.2, -0.15) is 11.8 Å². The standard InChI is InChI=1S/C17H32N6OS.HI/c1-13(2)15-12-23(8-10-25-15)17(18-7-6-9-24-5)19-11-16-21-20-14(3)22(16)4;/h13,15H,6-12H2,1-5H3,(H,18,19);1H. The van der Waals surface area contributed by atoms with Gasteiger partial charge in [0.05, 0.1) is 0 Å². The second kappa shape index (κ2) is 12.0. The lowest BCUT2D eigenvalue weighted by atomic mass is 10.1. The van der Waals surface area contributed by atoms with Gasteiger partial charge in [-0.15, -0.1) is 34.2 Å². The van der Waals surface area contributed by atoms with E-state index in [9.17, 15) is 0 Å². The normalized spacial score (nSPS) is 18.2. The number of aliphatic imine (C=N–C) groups is 1. The maximum Gasteiger partial charge on any atom is 0.194 e. The summed E-state index contributed by atoms with van der Waals surface area (Å²) < 4.78 is 7.14. The van der Waals surface area contributed by atoms with Gasteiger partial charge >= 0.3 is 0 Å². The van der Waals surface area contributed by atoms with Crippen molar-refractivity contribution >= 4 is 41.7 Å². The van der Waals surface area contributed by atoms with Gasteiger partial charge in [-0.05, 0) is 19.3 Å². The molecule has 1 atom stereocenters. The van der Waals surface area contributed by atoms with Crippen LogP contribution in [0.4, 0.5) is 0 Å². The van der Waals surface area contributed by atoms with Crippen molar-refractivity contribution in [2.45, 2.75) is 39.0 Å². The molecule has 0 aromatic carbocycles. The highest BCUT2D eigenvalue weighted by Gasteiger charge is 2.25. The van der Waals surface area contributed by atoms with E-state index in [1.165, 1.54) is 0 Å². The number of ether oxygens (including phenoxy) is 1. The van der Waals surface area contributed by atoms with E-state index in [2.05, 4.69) is 46.0 Å². The molecule has 7 nitrogen and oxygen atoms in total. The first-order valence-corrected chi connectivity index (χ1v) is 10.1. The van der Waals surface area contributed by atoms with Crippen LogP contribution in [-0.4, -0.2) is 70.0 Å². The molecule has 1 saturated heterocycles. The predicted octanol–water partition coefficient (Wildman–Crippen LogP) is 2.30. The van der Waals surface area contributed by atoms with Gasteiger partial charge in [0, 0.05) is 51.4 Å². The molecule has 0 spiro atoms. The van der Waals surface area contributed by atoms with Gasteiger partial charge in [-0.1, -0.05) is 13.8 Å². The molecular formula is C17H33IN6OS. The van der Waals surface area contributed by atoms with E-state index in [4.69, 9.17) is 9.73 Å². The highest BCUT2D eigenvalue weighted by molar-refractivity contribution is 14.0. The Morgan fingerprint density at radius 1 is 1.42 bits per heavy atom. The van der Waals surface area contributed by atoms with Crippen LogP contribution in [0, 0.1) is 12.8 Å². The quantitative estimate of drug-likeness (QED) is 0.271. The van der Waals surface area contributed by atoms with Crippen molar-refractivity contribution in [3.63, 3.8) is 0 Å². The molecule has 0 aliphatic carbocycles. The largest absolute Gasteiger partial charge is 0.385 e. The van der Waals surface area contributed by atoms with E-state index in [0.717, 1.165) is 56.0 Å². The molecule has 1 aromatic rings. The van der Waals surface area contributed by atoms with Gasteiger partial charge in [-0.3, -0.25) is 0 Å². The number of hydrogen-bond donors (Lipinski definition) is 1. The third-order valence-electron chi connectivity index (χ3n) is 4.50. The fraction of sp³-hybridized carbons (Fsp3) is 0.824. The molecule has 0 saturated carbocycles. The van der Waals surface area contributed by atoms with E-state index in [-0.39, 0.29) is 24.0 Å². The molecule has 1 unspecified atom stereocenters. The van der Waals surface area contributed by atoms with Crippen molar-refractivity contribution in [1.29, 1.82) is 0 Å². The predicted molar refractivity (Wildman–Crippen MR) is 119 cm³/mol. The average molecular weight is 496 g/mol. The first-order valence-electron chi connectivity index (χ1n) is 9.01. The van der Waals surface area contributed by atoms with E-state index in [1.54, 1.807) is 7.11 Å². The molecule has 0 amide bonds. The fourth-order valence-electron chi connectivity index (χ4n) is 2.69.